The van der Waals surface area contributed by atoms with Crippen LogP contribution < -0.4 is 14.2 Å². The number of aromatic nitrogens is 5. The first kappa shape index (κ1) is 20.0. The van der Waals surface area contributed by atoms with E-state index in [-0.39, 0.29) is 11.7 Å². The lowest BCUT2D eigenvalue weighted by molar-refractivity contribution is 0.354. The Balaban J connectivity index is 1.61. The molecule has 0 unspecified atom stereocenters. The summed E-state index contributed by atoms with van der Waals surface area (Å²) in [6.45, 7) is 0. The Morgan fingerprint density at radius 2 is 1.79 bits per heavy atom. The summed E-state index contributed by atoms with van der Waals surface area (Å²) in [4.78, 5) is 13.4. The van der Waals surface area contributed by atoms with Crippen molar-refractivity contribution in [1.82, 2.24) is 24.6 Å². The summed E-state index contributed by atoms with van der Waals surface area (Å²) in [6.07, 6.45) is 4.98. The van der Waals surface area contributed by atoms with Gasteiger partial charge < -0.3 is 19.3 Å². The lowest BCUT2D eigenvalue weighted by Crippen LogP contribution is -2.15. The van der Waals surface area contributed by atoms with E-state index >= 15 is 0 Å². The molecule has 0 fully saturated rings. The minimum Gasteiger partial charge on any atom is -0.508 e. The van der Waals surface area contributed by atoms with E-state index in [4.69, 9.17) is 19.2 Å². The highest BCUT2D eigenvalue weighted by Crippen LogP contribution is 2.49. The Kier molecular flexibility index (Phi) is 4.54. The van der Waals surface area contributed by atoms with Gasteiger partial charge in [0.25, 0.3) is 0 Å². The predicted octanol–water partition coefficient (Wildman–Crippen LogP) is 4.20. The zero-order chi connectivity index (χ0) is 23.2. The first-order valence-corrected chi connectivity index (χ1v) is 10.5. The molecular weight excluding hydrogens is 434 g/mol. The Hall–Kier alpha value is -4.66. The van der Waals surface area contributed by atoms with Gasteiger partial charge in [-0.05, 0) is 35.9 Å². The highest BCUT2D eigenvalue weighted by atomic mass is 16.5. The van der Waals surface area contributed by atoms with E-state index in [0.717, 1.165) is 22.3 Å². The van der Waals surface area contributed by atoms with Crippen LogP contribution >= 0.6 is 0 Å². The van der Waals surface area contributed by atoms with Crippen LogP contribution in [0.5, 0.6) is 28.9 Å². The van der Waals surface area contributed by atoms with Crippen LogP contribution in [-0.4, -0.2) is 43.9 Å². The number of ether oxygens (including phenoxy) is 3. The van der Waals surface area contributed by atoms with Crippen LogP contribution in [0.4, 0.5) is 0 Å². The fourth-order valence-corrected chi connectivity index (χ4v) is 4.31. The van der Waals surface area contributed by atoms with Crippen molar-refractivity contribution in [2.45, 2.75) is 5.92 Å². The number of pyridine rings is 1. The molecule has 3 aromatic heterocycles. The Morgan fingerprint density at radius 1 is 0.971 bits per heavy atom. The second-order valence-corrected chi connectivity index (χ2v) is 7.77. The van der Waals surface area contributed by atoms with Crippen LogP contribution in [0.2, 0.25) is 0 Å². The van der Waals surface area contributed by atoms with Crippen molar-refractivity contribution in [2.75, 3.05) is 14.2 Å². The van der Waals surface area contributed by atoms with Gasteiger partial charge in [0.2, 0.25) is 5.88 Å². The van der Waals surface area contributed by atoms with Gasteiger partial charge >= 0.3 is 0 Å². The molecule has 1 aliphatic heterocycles. The van der Waals surface area contributed by atoms with Gasteiger partial charge in [0.15, 0.2) is 23.0 Å². The molecule has 4 heterocycles. The van der Waals surface area contributed by atoms with Gasteiger partial charge in [-0.2, -0.15) is 0 Å². The van der Waals surface area contributed by atoms with E-state index in [9.17, 15) is 5.11 Å². The van der Waals surface area contributed by atoms with Gasteiger partial charge in [-0.3, -0.25) is 4.98 Å². The maximum Gasteiger partial charge on any atom is 0.228 e. The third-order valence-electron chi connectivity index (χ3n) is 5.87. The average Bonchev–Trinajstić information content (AvgIpc) is 3.32. The Morgan fingerprint density at radius 3 is 2.59 bits per heavy atom. The molecule has 9 heteroatoms. The molecule has 2 aromatic carbocycles. The summed E-state index contributed by atoms with van der Waals surface area (Å²) in [7, 11) is 3.20. The van der Waals surface area contributed by atoms with Gasteiger partial charge in [0, 0.05) is 35.5 Å². The summed E-state index contributed by atoms with van der Waals surface area (Å²) in [5.41, 5.74) is 4.02. The highest BCUT2D eigenvalue weighted by molar-refractivity contribution is 5.69. The van der Waals surface area contributed by atoms with Crippen molar-refractivity contribution >= 4 is 5.65 Å². The van der Waals surface area contributed by atoms with E-state index in [1.54, 1.807) is 49.6 Å². The lowest BCUT2D eigenvalue weighted by Gasteiger charge is -2.28. The van der Waals surface area contributed by atoms with Crippen LogP contribution in [0.25, 0.3) is 17.0 Å². The molecule has 1 aliphatic rings. The van der Waals surface area contributed by atoms with E-state index in [1.165, 1.54) is 0 Å². The van der Waals surface area contributed by atoms with Crippen LogP contribution in [0.1, 0.15) is 22.6 Å². The summed E-state index contributed by atoms with van der Waals surface area (Å²) in [5, 5.41) is 14.7. The van der Waals surface area contributed by atoms with Gasteiger partial charge in [-0.1, -0.05) is 12.1 Å². The zero-order valence-electron chi connectivity index (χ0n) is 18.3. The number of fused-ring (bicyclic) bond motifs is 4. The molecule has 0 aliphatic carbocycles. The summed E-state index contributed by atoms with van der Waals surface area (Å²) < 4.78 is 18.8. The second kappa shape index (κ2) is 7.73. The standard InChI is InChI=1S/C25H19N5O4/c1-32-18-6-3-15(11-20(18)33-2)21-17-5-4-16(31)12-19(17)34-25-22(21)24-28-23(29-30(24)13-27-25)14-7-9-26-10-8-14/h3-13,21,31H,1-2H3/t21-/m0/s1. The molecule has 5 aromatic rings. The van der Waals surface area contributed by atoms with Gasteiger partial charge in [0.1, 0.15) is 17.8 Å². The number of hydrogen-bond acceptors (Lipinski definition) is 8. The highest BCUT2D eigenvalue weighted by Gasteiger charge is 2.34. The molecule has 0 saturated heterocycles. The molecule has 1 N–H and O–H groups in total. The number of nitrogens with zero attached hydrogens (tertiary/aromatic N) is 5. The van der Waals surface area contributed by atoms with Crippen molar-refractivity contribution in [1.29, 1.82) is 0 Å². The fourth-order valence-electron chi connectivity index (χ4n) is 4.31. The molecule has 1 atom stereocenters. The Labute approximate surface area is 194 Å². The lowest BCUT2D eigenvalue weighted by atomic mass is 9.83. The largest absolute Gasteiger partial charge is 0.508 e. The zero-order valence-corrected chi connectivity index (χ0v) is 18.3. The summed E-state index contributed by atoms with van der Waals surface area (Å²) >= 11 is 0. The normalized spacial score (nSPS) is 14.2. The van der Waals surface area contributed by atoms with Crippen molar-refractivity contribution in [2.24, 2.45) is 0 Å². The first-order valence-electron chi connectivity index (χ1n) is 10.5. The molecule has 34 heavy (non-hydrogen) atoms. The third-order valence-corrected chi connectivity index (χ3v) is 5.87. The van der Waals surface area contributed by atoms with Gasteiger partial charge in [-0.25, -0.2) is 14.5 Å². The summed E-state index contributed by atoms with van der Waals surface area (Å²) in [5.74, 6) is 2.52. The van der Waals surface area contributed by atoms with Crippen molar-refractivity contribution in [3.05, 3.63) is 83.9 Å². The summed E-state index contributed by atoms with van der Waals surface area (Å²) in [6, 6.07) is 14.6. The van der Waals surface area contributed by atoms with Crippen LogP contribution in [-0.2, 0) is 0 Å². The van der Waals surface area contributed by atoms with Crippen molar-refractivity contribution < 1.29 is 19.3 Å². The monoisotopic (exact) mass is 453 g/mol. The smallest absolute Gasteiger partial charge is 0.228 e. The third kappa shape index (κ3) is 3.09. The molecule has 0 bridgehead atoms. The predicted molar refractivity (Wildman–Crippen MR) is 123 cm³/mol. The maximum absolute atomic E-state index is 10.1. The number of phenolic OH excluding ortho intramolecular Hbond substituents is 1. The maximum atomic E-state index is 10.1. The number of phenols is 1. The first-order chi connectivity index (χ1) is 16.7. The van der Waals surface area contributed by atoms with Crippen LogP contribution in [0.15, 0.2) is 67.3 Å². The van der Waals surface area contributed by atoms with Crippen molar-refractivity contribution in [3.8, 4) is 40.3 Å². The van der Waals surface area contributed by atoms with E-state index < -0.39 is 0 Å². The minimum absolute atomic E-state index is 0.108. The number of methoxy groups -OCH3 is 2. The molecule has 9 nitrogen and oxygen atoms in total. The van der Waals surface area contributed by atoms with E-state index in [1.807, 2.05) is 36.4 Å². The quantitative estimate of drug-likeness (QED) is 0.424. The van der Waals surface area contributed by atoms with E-state index in [0.29, 0.717) is 34.6 Å². The molecule has 0 spiro atoms. The molecule has 168 valence electrons. The SMILES string of the molecule is COc1ccc([C@H]2c3ccc(O)cc3Oc3ncn4nc(-c5ccncc5)nc4c32)cc1OC. The molecule has 0 amide bonds. The van der Waals surface area contributed by atoms with Crippen LogP contribution in [0.3, 0.4) is 0 Å². The number of rotatable bonds is 4. The minimum atomic E-state index is -0.301. The second-order valence-electron chi connectivity index (χ2n) is 7.77. The van der Waals surface area contributed by atoms with Crippen LogP contribution in [0, 0.1) is 0 Å². The molecule has 6 rings (SSSR count). The molecular formula is C25H19N5O4. The Bertz CT molecular complexity index is 1530. The average molecular weight is 453 g/mol. The van der Waals surface area contributed by atoms with Crippen molar-refractivity contribution in [3.63, 3.8) is 0 Å². The topological polar surface area (TPSA) is 104 Å². The number of benzene rings is 2. The van der Waals surface area contributed by atoms with Gasteiger partial charge in [-0.15, -0.1) is 5.10 Å². The number of hydrogen-bond donors (Lipinski definition) is 1. The molecule has 0 radical (unpaired) electrons. The fraction of sp³-hybridized carbons (Fsp3) is 0.120. The van der Waals surface area contributed by atoms with Gasteiger partial charge in [0.05, 0.1) is 19.8 Å². The molecule has 0 saturated carbocycles. The number of aromatic hydroxyl groups is 1. The van der Waals surface area contributed by atoms with E-state index in [2.05, 4.69) is 15.1 Å².